The molecule has 2 unspecified atom stereocenters. The van der Waals surface area contributed by atoms with Gasteiger partial charge >= 0.3 is 0 Å². The molecule has 0 aliphatic heterocycles. The molecule has 0 fully saturated rings. The molecule has 0 bridgehead atoms. The summed E-state index contributed by atoms with van der Waals surface area (Å²) in [7, 11) is 1.66. The summed E-state index contributed by atoms with van der Waals surface area (Å²) in [5.41, 5.74) is 9.20. The maximum absolute atomic E-state index is 10.0. The highest BCUT2D eigenvalue weighted by Crippen LogP contribution is 2.28. The molecular weight excluding hydrogens is 214 g/mol. The molecule has 0 spiro atoms. The molecule has 2 atom stereocenters. The van der Waals surface area contributed by atoms with Crippen molar-refractivity contribution in [2.75, 3.05) is 7.11 Å². The van der Waals surface area contributed by atoms with Crippen LogP contribution in [-0.2, 0) is 0 Å². The summed E-state index contributed by atoms with van der Waals surface area (Å²) in [5, 5.41) is 10.0. The largest absolute Gasteiger partial charge is 0.496 e. The normalized spacial score (nSPS) is 14.8. The van der Waals surface area contributed by atoms with Crippen LogP contribution in [0.15, 0.2) is 12.1 Å². The number of benzene rings is 1. The molecule has 0 aliphatic carbocycles. The first-order valence-corrected chi connectivity index (χ1v) is 5.97. The van der Waals surface area contributed by atoms with Crippen LogP contribution < -0.4 is 10.5 Å². The predicted octanol–water partition coefficient (Wildman–Crippen LogP) is 2.33. The average molecular weight is 237 g/mol. The van der Waals surface area contributed by atoms with Crippen LogP contribution in [0.5, 0.6) is 5.75 Å². The van der Waals surface area contributed by atoms with Crippen LogP contribution in [0.3, 0.4) is 0 Å². The number of ether oxygens (including phenoxy) is 1. The van der Waals surface area contributed by atoms with E-state index in [9.17, 15) is 5.11 Å². The molecule has 0 saturated heterocycles. The van der Waals surface area contributed by atoms with Crippen molar-refractivity contribution in [2.24, 2.45) is 11.7 Å². The minimum Gasteiger partial charge on any atom is -0.496 e. The molecule has 1 rings (SSSR count). The minimum atomic E-state index is -0.526. The average Bonchev–Trinajstić information content (AvgIpc) is 2.29. The summed E-state index contributed by atoms with van der Waals surface area (Å²) in [6.07, 6.45) is -0.526. The Balaban J connectivity index is 3.10. The fraction of sp³-hybridized carbons (Fsp3) is 0.571. The summed E-state index contributed by atoms with van der Waals surface area (Å²) in [5.74, 6) is 1.00. The topological polar surface area (TPSA) is 55.5 Å². The van der Waals surface area contributed by atoms with Gasteiger partial charge in [0.15, 0.2) is 0 Å². The maximum atomic E-state index is 10.0. The Labute approximate surface area is 104 Å². The van der Waals surface area contributed by atoms with E-state index in [1.54, 1.807) is 7.11 Å². The fourth-order valence-electron chi connectivity index (χ4n) is 1.99. The van der Waals surface area contributed by atoms with Crippen LogP contribution in [0.25, 0.3) is 0 Å². The zero-order valence-corrected chi connectivity index (χ0v) is 11.3. The highest BCUT2D eigenvalue weighted by molar-refractivity contribution is 5.43. The lowest BCUT2D eigenvalue weighted by Crippen LogP contribution is -2.31. The molecule has 3 heteroatoms. The third-order valence-corrected chi connectivity index (χ3v) is 3.19. The summed E-state index contributed by atoms with van der Waals surface area (Å²) in [6, 6.07) is 3.63. The molecular formula is C14H23NO2. The minimum absolute atomic E-state index is 0.145. The number of rotatable bonds is 4. The van der Waals surface area contributed by atoms with Gasteiger partial charge in [0.25, 0.3) is 0 Å². The zero-order chi connectivity index (χ0) is 13.2. The Morgan fingerprint density at radius 1 is 1.18 bits per heavy atom. The second kappa shape index (κ2) is 5.52. The summed E-state index contributed by atoms with van der Waals surface area (Å²) >= 11 is 0. The molecule has 96 valence electrons. The van der Waals surface area contributed by atoms with E-state index in [2.05, 4.69) is 0 Å². The van der Waals surface area contributed by atoms with Gasteiger partial charge in [-0.25, -0.2) is 0 Å². The number of methoxy groups -OCH3 is 1. The molecule has 3 N–H and O–H groups in total. The van der Waals surface area contributed by atoms with Crippen LogP contribution in [0.1, 0.15) is 36.6 Å². The van der Waals surface area contributed by atoms with Crippen molar-refractivity contribution in [3.63, 3.8) is 0 Å². The van der Waals surface area contributed by atoms with Gasteiger partial charge in [-0.2, -0.15) is 0 Å². The van der Waals surface area contributed by atoms with E-state index in [4.69, 9.17) is 10.5 Å². The van der Waals surface area contributed by atoms with E-state index in [-0.39, 0.29) is 12.0 Å². The zero-order valence-electron chi connectivity index (χ0n) is 11.3. The molecule has 0 heterocycles. The second-order valence-electron chi connectivity index (χ2n) is 4.94. The molecule has 1 aromatic rings. The molecule has 17 heavy (non-hydrogen) atoms. The first-order valence-electron chi connectivity index (χ1n) is 5.97. The number of nitrogens with two attached hydrogens (primary N) is 1. The third kappa shape index (κ3) is 2.99. The highest BCUT2D eigenvalue weighted by atomic mass is 16.5. The monoisotopic (exact) mass is 237 g/mol. The molecule has 3 nitrogen and oxygen atoms in total. The second-order valence-corrected chi connectivity index (χ2v) is 4.94. The van der Waals surface area contributed by atoms with E-state index < -0.39 is 6.10 Å². The van der Waals surface area contributed by atoms with Crippen molar-refractivity contribution >= 4 is 0 Å². The Morgan fingerprint density at radius 3 is 2.24 bits per heavy atom. The van der Waals surface area contributed by atoms with Crippen LogP contribution >= 0.6 is 0 Å². The van der Waals surface area contributed by atoms with E-state index >= 15 is 0 Å². The van der Waals surface area contributed by atoms with Crippen LogP contribution in [-0.4, -0.2) is 18.3 Å². The standard InChI is InChI=1S/C14H23NO2/c1-8(2)14(16)13(15)11-6-10(4)12(17-5)7-9(11)3/h6-8,13-14,16H,15H2,1-5H3. The number of aliphatic hydroxyl groups excluding tert-OH is 1. The first-order chi connectivity index (χ1) is 7.88. The molecule has 0 amide bonds. The highest BCUT2D eigenvalue weighted by Gasteiger charge is 2.22. The Hall–Kier alpha value is -1.06. The summed E-state index contributed by atoms with van der Waals surface area (Å²) in [4.78, 5) is 0. The molecule has 0 aromatic heterocycles. The lowest BCUT2D eigenvalue weighted by Gasteiger charge is -2.24. The van der Waals surface area contributed by atoms with Gasteiger partial charge in [-0.05, 0) is 42.5 Å². The Morgan fingerprint density at radius 2 is 1.76 bits per heavy atom. The number of hydrogen-bond acceptors (Lipinski definition) is 3. The molecule has 0 saturated carbocycles. The van der Waals surface area contributed by atoms with Crippen molar-refractivity contribution in [3.8, 4) is 5.75 Å². The lowest BCUT2D eigenvalue weighted by molar-refractivity contribution is 0.0977. The van der Waals surface area contributed by atoms with Crippen molar-refractivity contribution < 1.29 is 9.84 Å². The summed E-state index contributed by atoms with van der Waals surface area (Å²) < 4.78 is 5.27. The van der Waals surface area contributed by atoms with Gasteiger partial charge < -0.3 is 15.6 Å². The van der Waals surface area contributed by atoms with Crippen molar-refractivity contribution in [2.45, 2.75) is 39.8 Å². The maximum Gasteiger partial charge on any atom is 0.122 e. The van der Waals surface area contributed by atoms with Gasteiger partial charge in [-0.3, -0.25) is 0 Å². The van der Waals surface area contributed by atoms with Gasteiger partial charge in [0.1, 0.15) is 5.75 Å². The van der Waals surface area contributed by atoms with Gasteiger partial charge in [-0.1, -0.05) is 19.9 Å². The van der Waals surface area contributed by atoms with Crippen molar-refractivity contribution in [1.82, 2.24) is 0 Å². The number of aliphatic hydroxyl groups is 1. The van der Waals surface area contributed by atoms with Crippen LogP contribution in [0.2, 0.25) is 0 Å². The SMILES string of the molecule is COc1cc(C)c(C(N)C(O)C(C)C)cc1C. The quantitative estimate of drug-likeness (QED) is 0.845. The van der Waals surface area contributed by atoms with Crippen LogP contribution in [0.4, 0.5) is 0 Å². The number of aryl methyl sites for hydroxylation is 2. The van der Waals surface area contributed by atoms with Gasteiger partial charge in [0.2, 0.25) is 0 Å². The van der Waals surface area contributed by atoms with Crippen molar-refractivity contribution in [1.29, 1.82) is 0 Å². The van der Waals surface area contributed by atoms with E-state index in [0.29, 0.717) is 0 Å². The molecule has 1 aromatic carbocycles. The van der Waals surface area contributed by atoms with Crippen LogP contribution in [0, 0.1) is 19.8 Å². The van der Waals surface area contributed by atoms with E-state index in [0.717, 1.165) is 22.4 Å². The number of hydrogen-bond donors (Lipinski definition) is 2. The smallest absolute Gasteiger partial charge is 0.122 e. The third-order valence-electron chi connectivity index (χ3n) is 3.19. The Kier molecular flexibility index (Phi) is 4.54. The molecule has 0 radical (unpaired) electrons. The van der Waals surface area contributed by atoms with Crippen molar-refractivity contribution in [3.05, 3.63) is 28.8 Å². The van der Waals surface area contributed by atoms with Gasteiger partial charge in [-0.15, -0.1) is 0 Å². The Bertz CT molecular complexity index is 388. The summed E-state index contributed by atoms with van der Waals surface area (Å²) in [6.45, 7) is 7.91. The fourth-order valence-corrected chi connectivity index (χ4v) is 1.99. The van der Waals surface area contributed by atoms with Gasteiger partial charge in [0.05, 0.1) is 19.3 Å². The lowest BCUT2D eigenvalue weighted by atomic mass is 9.90. The van der Waals surface area contributed by atoms with E-state index in [1.165, 1.54) is 0 Å². The predicted molar refractivity (Wildman–Crippen MR) is 70.2 cm³/mol. The van der Waals surface area contributed by atoms with Gasteiger partial charge in [0, 0.05) is 0 Å². The first kappa shape index (κ1) is 14.0. The van der Waals surface area contributed by atoms with E-state index in [1.807, 2.05) is 39.8 Å². The molecule has 0 aliphatic rings.